The van der Waals surface area contributed by atoms with Gasteiger partial charge >= 0.3 is 5.97 Å². The summed E-state index contributed by atoms with van der Waals surface area (Å²) < 4.78 is 42.4. The van der Waals surface area contributed by atoms with Gasteiger partial charge in [-0.05, 0) is 47.4 Å². The molecule has 9 heteroatoms. The minimum Gasteiger partial charge on any atom is -0.513 e. The Balaban J connectivity index is 2.06. The number of pyridine rings is 1. The van der Waals surface area contributed by atoms with Crippen molar-refractivity contribution < 1.29 is 33.3 Å². The van der Waals surface area contributed by atoms with Crippen molar-refractivity contribution in [3.63, 3.8) is 0 Å². The van der Waals surface area contributed by atoms with E-state index >= 15 is 0 Å². The molecule has 0 fully saturated rings. The van der Waals surface area contributed by atoms with E-state index in [0.29, 0.717) is 21.9 Å². The van der Waals surface area contributed by atoms with Gasteiger partial charge in [0.05, 0.1) is 18.3 Å². The van der Waals surface area contributed by atoms with Crippen LogP contribution in [0.5, 0.6) is 0 Å². The van der Waals surface area contributed by atoms with E-state index in [9.17, 15) is 28.2 Å². The first-order chi connectivity index (χ1) is 16.1. The number of halogens is 3. The van der Waals surface area contributed by atoms with E-state index in [4.69, 9.17) is 5.11 Å². The molecule has 180 valence electrons. The normalized spacial score (nSPS) is 13.0. The predicted octanol–water partition coefficient (Wildman–Crippen LogP) is 6.03. The number of carbonyl (C=O) groups is 1. The van der Waals surface area contributed by atoms with Crippen LogP contribution in [-0.2, 0) is 11.2 Å². The van der Waals surface area contributed by atoms with Crippen LogP contribution in [0.15, 0.2) is 53.3 Å². The fourth-order valence-corrected chi connectivity index (χ4v) is 4.41. The number of aromatic nitrogens is 1. The lowest BCUT2D eigenvalue weighted by atomic mass is 9.94. The summed E-state index contributed by atoms with van der Waals surface area (Å²) in [7, 11) is 0. The lowest BCUT2D eigenvalue weighted by molar-refractivity contribution is -0.139. The Morgan fingerprint density at radius 2 is 1.76 bits per heavy atom. The fraction of sp³-hybridized carbons (Fsp3) is 0.280. The fourth-order valence-electron chi connectivity index (χ4n) is 3.58. The van der Waals surface area contributed by atoms with Gasteiger partial charge in [0.25, 0.3) is 0 Å². The predicted molar refractivity (Wildman–Crippen MR) is 125 cm³/mol. The molecule has 0 bridgehead atoms. The summed E-state index contributed by atoms with van der Waals surface area (Å²) in [4.78, 5) is 15.7. The molecule has 34 heavy (non-hydrogen) atoms. The van der Waals surface area contributed by atoms with Gasteiger partial charge in [0.2, 0.25) is 0 Å². The Labute approximate surface area is 199 Å². The summed E-state index contributed by atoms with van der Waals surface area (Å²) in [5.41, 5.74) is 1.24. The average molecular weight is 492 g/mol. The number of allylic oxidation sites excluding steroid dienone is 1. The van der Waals surface area contributed by atoms with Crippen molar-refractivity contribution in [2.75, 3.05) is 0 Å². The summed E-state index contributed by atoms with van der Waals surface area (Å²) in [6.07, 6.45) is 0.722. The minimum atomic E-state index is -1.60. The molecule has 0 saturated heterocycles. The number of aliphatic hydroxyl groups excluding tert-OH is 2. The molecule has 1 aromatic heterocycles. The molecule has 0 saturated carbocycles. The molecule has 0 aliphatic carbocycles. The largest absolute Gasteiger partial charge is 0.513 e. The number of nitrogens with zero attached hydrogens (tertiary/aromatic N) is 1. The first-order valence-corrected chi connectivity index (χ1v) is 11.4. The SMILES string of the molecule is CC(C)Sc1ccc(-c2c(C/C=C(/O)C[C@@H](O)CC(=O)O)cnc3c(F)c(F)c(F)cc23)cc1. The minimum absolute atomic E-state index is 0.0764. The molecule has 3 aromatic rings. The number of rotatable bonds is 9. The Morgan fingerprint density at radius 3 is 2.38 bits per heavy atom. The molecule has 3 rings (SSSR count). The lowest BCUT2D eigenvalue weighted by Gasteiger charge is -2.14. The Hall–Kier alpha value is -3.04. The van der Waals surface area contributed by atoms with E-state index in [-0.39, 0.29) is 29.5 Å². The van der Waals surface area contributed by atoms with Crippen LogP contribution in [0.1, 0.15) is 32.3 Å². The molecular formula is C25H24F3NO4S. The third kappa shape index (κ3) is 6.09. The summed E-state index contributed by atoms with van der Waals surface area (Å²) in [5, 5.41) is 29.0. The molecule has 1 heterocycles. The molecule has 0 amide bonds. The number of thioether (sulfide) groups is 1. The first-order valence-electron chi connectivity index (χ1n) is 10.6. The van der Waals surface area contributed by atoms with Crippen molar-refractivity contribution in [2.24, 2.45) is 0 Å². The van der Waals surface area contributed by atoms with Gasteiger partial charge in [-0.3, -0.25) is 9.78 Å². The van der Waals surface area contributed by atoms with Crippen LogP contribution in [0.3, 0.4) is 0 Å². The number of carboxylic acid groups (broad SMARTS) is 1. The summed E-state index contributed by atoms with van der Waals surface area (Å²) >= 11 is 1.65. The Bertz CT molecular complexity index is 1230. The third-order valence-corrected chi connectivity index (χ3v) is 6.02. The highest BCUT2D eigenvalue weighted by Gasteiger charge is 2.20. The summed E-state index contributed by atoms with van der Waals surface area (Å²) in [6, 6.07) is 8.24. The third-order valence-electron chi connectivity index (χ3n) is 5.00. The van der Waals surface area contributed by atoms with Gasteiger partial charge in [0.1, 0.15) is 5.52 Å². The lowest BCUT2D eigenvalue weighted by Crippen LogP contribution is -2.13. The van der Waals surface area contributed by atoms with Crippen molar-refractivity contribution in [2.45, 2.75) is 49.4 Å². The number of aliphatic carboxylic acids is 1. The number of hydrogen-bond acceptors (Lipinski definition) is 5. The van der Waals surface area contributed by atoms with Gasteiger partial charge in [-0.25, -0.2) is 13.2 Å². The maximum Gasteiger partial charge on any atom is 0.305 e. The number of fused-ring (bicyclic) bond motifs is 1. The zero-order valence-corrected chi connectivity index (χ0v) is 19.4. The van der Waals surface area contributed by atoms with Crippen LogP contribution in [-0.4, -0.2) is 37.6 Å². The standard InChI is InChI=1S/C25H24F3NO4S/c1-13(2)34-18-7-4-14(5-8-18)22-15(3-6-16(30)9-17(31)10-21(32)33)12-29-25-19(22)11-20(26)23(27)24(25)28/h4-8,11-13,17,30-31H,3,9-10H2,1-2H3,(H,32,33)/b16-6+/t17-/m1/s1. The van der Waals surface area contributed by atoms with E-state index in [2.05, 4.69) is 18.8 Å². The van der Waals surface area contributed by atoms with Crippen LogP contribution < -0.4 is 0 Å². The number of carboxylic acids is 1. The van der Waals surface area contributed by atoms with Crippen LogP contribution >= 0.6 is 11.8 Å². The van der Waals surface area contributed by atoms with E-state index in [1.165, 1.54) is 12.3 Å². The summed E-state index contributed by atoms with van der Waals surface area (Å²) in [6.45, 7) is 4.11. The number of aliphatic hydroxyl groups is 2. The molecule has 0 spiro atoms. The maximum absolute atomic E-state index is 14.4. The second kappa shape index (κ2) is 10.9. The highest BCUT2D eigenvalue weighted by Crippen LogP contribution is 2.35. The van der Waals surface area contributed by atoms with Gasteiger partial charge in [0, 0.05) is 28.1 Å². The highest BCUT2D eigenvalue weighted by atomic mass is 32.2. The van der Waals surface area contributed by atoms with Crippen molar-refractivity contribution in [1.82, 2.24) is 4.98 Å². The average Bonchev–Trinajstić information content (AvgIpc) is 2.75. The maximum atomic E-state index is 14.4. The molecular weight excluding hydrogens is 467 g/mol. The monoisotopic (exact) mass is 491 g/mol. The number of hydrogen-bond donors (Lipinski definition) is 3. The van der Waals surface area contributed by atoms with Crippen LogP contribution in [0, 0.1) is 17.5 Å². The second-order valence-corrected chi connectivity index (χ2v) is 9.74. The Kier molecular flexibility index (Phi) is 8.22. The molecule has 0 unspecified atom stereocenters. The van der Waals surface area contributed by atoms with Gasteiger partial charge < -0.3 is 15.3 Å². The smallest absolute Gasteiger partial charge is 0.305 e. The van der Waals surface area contributed by atoms with Gasteiger partial charge in [0.15, 0.2) is 17.5 Å². The van der Waals surface area contributed by atoms with E-state index in [1.54, 1.807) is 23.9 Å². The zero-order valence-electron chi connectivity index (χ0n) is 18.6. The number of benzene rings is 2. The summed E-state index contributed by atoms with van der Waals surface area (Å²) in [5.74, 6) is -5.76. The van der Waals surface area contributed by atoms with Crippen molar-refractivity contribution in [1.29, 1.82) is 0 Å². The molecule has 0 aliphatic rings. The van der Waals surface area contributed by atoms with Gasteiger partial charge in [-0.15, -0.1) is 11.8 Å². The van der Waals surface area contributed by atoms with Crippen molar-refractivity contribution in [3.05, 3.63) is 71.4 Å². The van der Waals surface area contributed by atoms with Crippen molar-refractivity contribution >= 4 is 28.6 Å². The van der Waals surface area contributed by atoms with Gasteiger partial charge in [-0.1, -0.05) is 26.0 Å². The van der Waals surface area contributed by atoms with Crippen LogP contribution in [0.2, 0.25) is 0 Å². The topological polar surface area (TPSA) is 90.7 Å². The van der Waals surface area contributed by atoms with Crippen molar-refractivity contribution in [3.8, 4) is 11.1 Å². The van der Waals surface area contributed by atoms with E-state index < -0.39 is 35.9 Å². The van der Waals surface area contributed by atoms with Gasteiger partial charge in [-0.2, -0.15) is 0 Å². The molecule has 2 aromatic carbocycles. The highest BCUT2D eigenvalue weighted by molar-refractivity contribution is 7.99. The Morgan fingerprint density at radius 1 is 1.09 bits per heavy atom. The molecule has 0 radical (unpaired) electrons. The van der Waals surface area contributed by atoms with E-state index in [0.717, 1.165) is 11.0 Å². The molecule has 0 aliphatic heterocycles. The quantitative estimate of drug-likeness (QED) is 0.192. The van der Waals surface area contributed by atoms with E-state index in [1.807, 2.05) is 12.1 Å². The molecule has 3 N–H and O–H groups in total. The molecule has 1 atom stereocenters. The van der Waals surface area contributed by atoms with Crippen LogP contribution in [0.25, 0.3) is 22.0 Å². The second-order valence-electron chi connectivity index (χ2n) is 8.09. The van der Waals surface area contributed by atoms with Crippen LogP contribution in [0.4, 0.5) is 13.2 Å². The molecule has 5 nitrogen and oxygen atoms in total. The zero-order chi connectivity index (χ0) is 25.0. The first kappa shape index (κ1) is 25.6.